The van der Waals surface area contributed by atoms with E-state index in [2.05, 4.69) is 35.1 Å². The number of alkyl carbamates (subject to hydrolysis) is 1. The van der Waals surface area contributed by atoms with Crippen LogP contribution in [0.4, 0.5) is 9.59 Å². The molecule has 0 aliphatic rings. The SMILES string of the molecule is CCCCCCCCCC(CCCCCCCCNC(=O)NCCNC(C)=O)C(CCCCCCCCC)CCCCCCCCNC(=O)OCc1ccccc1. The van der Waals surface area contributed by atoms with Gasteiger partial charge in [-0.3, -0.25) is 4.79 Å². The molecule has 0 spiro atoms. The first-order valence-corrected chi connectivity index (χ1v) is 24.2. The second-order valence-corrected chi connectivity index (χ2v) is 16.8. The molecule has 57 heavy (non-hydrogen) atoms. The number of benzene rings is 1. The molecule has 0 saturated heterocycles. The lowest BCUT2D eigenvalue weighted by atomic mass is 9.78. The zero-order chi connectivity index (χ0) is 41.3. The number of hydrogen-bond donors (Lipinski definition) is 4. The molecule has 0 bridgehead atoms. The summed E-state index contributed by atoms with van der Waals surface area (Å²) in [6.07, 6.45) is 39.6. The largest absolute Gasteiger partial charge is 0.445 e. The van der Waals surface area contributed by atoms with Crippen LogP contribution in [0.1, 0.15) is 219 Å². The van der Waals surface area contributed by atoms with Crippen molar-refractivity contribution in [3.8, 4) is 0 Å². The zero-order valence-corrected chi connectivity index (χ0v) is 37.4. The van der Waals surface area contributed by atoms with Gasteiger partial charge < -0.3 is 26.0 Å². The molecule has 1 aromatic rings. The summed E-state index contributed by atoms with van der Waals surface area (Å²) >= 11 is 0. The number of nitrogens with one attached hydrogen (secondary N) is 4. The monoisotopic (exact) mass is 799 g/mol. The van der Waals surface area contributed by atoms with Gasteiger partial charge in [0.05, 0.1) is 0 Å². The predicted molar refractivity (Wildman–Crippen MR) is 242 cm³/mol. The molecule has 0 radical (unpaired) electrons. The Morgan fingerprint density at radius 1 is 0.456 bits per heavy atom. The van der Waals surface area contributed by atoms with E-state index >= 15 is 0 Å². The Bertz CT molecular complexity index is 1060. The first kappa shape index (κ1) is 52.2. The number of urea groups is 1. The lowest BCUT2D eigenvalue weighted by Gasteiger charge is -2.28. The molecule has 2 atom stereocenters. The fraction of sp³-hybridized carbons (Fsp3) is 0.816. The Morgan fingerprint density at radius 3 is 1.26 bits per heavy atom. The van der Waals surface area contributed by atoms with Gasteiger partial charge in [0.25, 0.3) is 0 Å². The van der Waals surface area contributed by atoms with Gasteiger partial charge in [-0.15, -0.1) is 0 Å². The lowest BCUT2D eigenvalue weighted by Crippen LogP contribution is -2.40. The summed E-state index contributed by atoms with van der Waals surface area (Å²) < 4.78 is 5.34. The Hall–Kier alpha value is -2.77. The Kier molecular flexibility index (Phi) is 36.7. The molecule has 0 aliphatic heterocycles. The Labute approximate surface area is 351 Å². The molecule has 0 fully saturated rings. The van der Waals surface area contributed by atoms with E-state index in [1.165, 1.54) is 174 Å². The van der Waals surface area contributed by atoms with E-state index in [4.69, 9.17) is 4.74 Å². The van der Waals surface area contributed by atoms with Crippen LogP contribution in [0.5, 0.6) is 0 Å². The van der Waals surface area contributed by atoms with Crippen LogP contribution < -0.4 is 21.3 Å². The van der Waals surface area contributed by atoms with Gasteiger partial charge in [-0.05, 0) is 30.2 Å². The van der Waals surface area contributed by atoms with E-state index in [0.717, 1.165) is 43.1 Å². The molecule has 2 unspecified atom stereocenters. The van der Waals surface area contributed by atoms with E-state index < -0.39 is 0 Å². The highest BCUT2D eigenvalue weighted by molar-refractivity contribution is 5.74. The van der Waals surface area contributed by atoms with Crippen molar-refractivity contribution in [3.63, 3.8) is 0 Å². The summed E-state index contributed by atoms with van der Waals surface area (Å²) in [5.41, 5.74) is 1.01. The van der Waals surface area contributed by atoms with Gasteiger partial charge in [0.15, 0.2) is 0 Å². The molecule has 1 rings (SSSR count). The van der Waals surface area contributed by atoms with Crippen molar-refractivity contribution < 1.29 is 19.1 Å². The maximum Gasteiger partial charge on any atom is 0.407 e. The third-order valence-corrected chi connectivity index (χ3v) is 11.6. The second kappa shape index (κ2) is 40.0. The van der Waals surface area contributed by atoms with Gasteiger partial charge in [0.2, 0.25) is 5.91 Å². The van der Waals surface area contributed by atoms with Crippen molar-refractivity contribution in [1.29, 1.82) is 0 Å². The Morgan fingerprint density at radius 2 is 0.825 bits per heavy atom. The molecule has 4 N–H and O–H groups in total. The van der Waals surface area contributed by atoms with Crippen molar-refractivity contribution >= 4 is 18.0 Å². The van der Waals surface area contributed by atoms with Crippen LogP contribution in [0.25, 0.3) is 0 Å². The fourth-order valence-corrected chi connectivity index (χ4v) is 8.08. The van der Waals surface area contributed by atoms with Crippen molar-refractivity contribution in [2.45, 2.75) is 220 Å². The molecular weight excluding hydrogens is 709 g/mol. The number of ether oxygens (including phenoxy) is 1. The van der Waals surface area contributed by atoms with Gasteiger partial charge in [0.1, 0.15) is 6.61 Å². The number of amides is 4. The number of unbranched alkanes of at least 4 members (excludes halogenated alkanes) is 22. The lowest BCUT2D eigenvalue weighted by molar-refractivity contribution is -0.118. The van der Waals surface area contributed by atoms with Crippen molar-refractivity contribution in [3.05, 3.63) is 35.9 Å². The van der Waals surface area contributed by atoms with Crippen molar-refractivity contribution in [1.82, 2.24) is 21.3 Å². The molecule has 8 nitrogen and oxygen atoms in total. The van der Waals surface area contributed by atoms with Crippen LogP contribution >= 0.6 is 0 Å². The average Bonchev–Trinajstić information content (AvgIpc) is 3.21. The van der Waals surface area contributed by atoms with Gasteiger partial charge in [-0.2, -0.15) is 0 Å². The van der Waals surface area contributed by atoms with Gasteiger partial charge >= 0.3 is 12.1 Å². The fourth-order valence-electron chi connectivity index (χ4n) is 8.08. The van der Waals surface area contributed by atoms with Gasteiger partial charge in [-0.1, -0.05) is 224 Å². The molecular formula is C49H90N4O4. The summed E-state index contributed by atoms with van der Waals surface area (Å²) in [7, 11) is 0. The minimum absolute atomic E-state index is 0.0783. The summed E-state index contributed by atoms with van der Waals surface area (Å²) in [5, 5.41) is 11.3. The number of hydrogen-bond acceptors (Lipinski definition) is 4. The number of carbonyl (C=O) groups is 3. The third-order valence-electron chi connectivity index (χ3n) is 11.6. The first-order valence-electron chi connectivity index (χ1n) is 24.2. The van der Waals surface area contributed by atoms with Crippen LogP contribution in [0.15, 0.2) is 30.3 Å². The number of carbonyl (C=O) groups excluding carboxylic acids is 3. The van der Waals surface area contributed by atoms with Crippen LogP contribution in [0.3, 0.4) is 0 Å². The third kappa shape index (κ3) is 34.9. The van der Waals surface area contributed by atoms with E-state index in [1.807, 2.05) is 30.3 Å². The maximum atomic E-state index is 12.1. The molecule has 330 valence electrons. The van der Waals surface area contributed by atoms with E-state index in [-0.39, 0.29) is 18.0 Å². The minimum atomic E-state index is -0.318. The smallest absolute Gasteiger partial charge is 0.407 e. The van der Waals surface area contributed by atoms with E-state index in [1.54, 1.807) is 0 Å². The van der Waals surface area contributed by atoms with E-state index in [0.29, 0.717) is 32.8 Å². The summed E-state index contributed by atoms with van der Waals surface area (Å²) in [6.45, 7) is 8.71. The van der Waals surface area contributed by atoms with E-state index in [9.17, 15) is 14.4 Å². The zero-order valence-electron chi connectivity index (χ0n) is 37.4. The molecule has 0 aromatic heterocycles. The first-order chi connectivity index (χ1) is 28.0. The Balaban J connectivity index is 2.47. The van der Waals surface area contributed by atoms with Crippen LogP contribution in [0.2, 0.25) is 0 Å². The molecule has 0 aliphatic carbocycles. The number of rotatable bonds is 40. The second-order valence-electron chi connectivity index (χ2n) is 16.8. The van der Waals surface area contributed by atoms with Crippen LogP contribution in [0, 0.1) is 11.8 Å². The molecule has 4 amide bonds. The van der Waals surface area contributed by atoms with Crippen molar-refractivity contribution in [2.24, 2.45) is 11.8 Å². The molecule has 0 heterocycles. The quantitative estimate of drug-likeness (QED) is 0.0496. The van der Waals surface area contributed by atoms with Gasteiger partial charge in [-0.25, -0.2) is 9.59 Å². The summed E-state index contributed by atoms with van der Waals surface area (Å²) in [5.74, 6) is 1.68. The topological polar surface area (TPSA) is 109 Å². The maximum absolute atomic E-state index is 12.1. The minimum Gasteiger partial charge on any atom is -0.445 e. The highest BCUT2D eigenvalue weighted by atomic mass is 16.5. The van der Waals surface area contributed by atoms with Crippen LogP contribution in [-0.4, -0.2) is 44.2 Å². The normalized spacial score (nSPS) is 12.2. The molecule has 0 saturated carbocycles. The summed E-state index contributed by atoms with van der Waals surface area (Å²) in [4.78, 5) is 34.9. The highest BCUT2D eigenvalue weighted by Gasteiger charge is 2.21. The average molecular weight is 799 g/mol. The van der Waals surface area contributed by atoms with Crippen molar-refractivity contribution in [2.75, 3.05) is 26.2 Å². The molecule has 1 aromatic carbocycles. The molecule has 8 heteroatoms. The highest BCUT2D eigenvalue weighted by Crippen LogP contribution is 2.34. The van der Waals surface area contributed by atoms with Gasteiger partial charge in [0, 0.05) is 33.1 Å². The standard InChI is InChI=1S/C49H90N4O4/c1-4-6-8-10-12-18-27-35-46(37-29-20-14-16-22-31-39-51-48(55)52-42-41-50-44(3)54)47(36-28-19-13-11-9-7-5-2)38-30-21-15-17-23-32-40-53-49(56)57-43-45-33-25-24-26-34-45/h24-26,33-34,46-47H,4-23,27-32,35-43H2,1-3H3,(H,50,54)(H,53,56)(H2,51,52,55). The van der Waals surface area contributed by atoms with Crippen LogP contribution in [-0.2, 0) is 16.1 Å². The predicted octanol–water partition coefficient (Wildman–Crippen LogP) is 13.3. The summed E-state index contributed by atoms with van der Waals surface area (Å²) in [6, 6.07) is 9.68.